The molecule has 2 N–H and O–H groups in total. The van der Waals surface area contributed by atoms with Gasteiger partial charge in [0.05, 0.1) is 5.69 Å². The number of anilines is 2. The minimum atomic E-state index is 0.399. The molecule has 3 rings (SSSR count). The van der Waals surface area contributed by atoms with Crippen LogP contribution in [0.5, 0.6) is 0 Å². The van der Waals surface area contributed by atoms with Crippen LogP contribution in [0.4, 0.5) is 11.6 Å². The number of nitrogens with zero attached hydrogens (tertiary/aromatic N) is 2. The van der Waals surface area contributed by atoms with E-state index in [4.69, 9.17) is 0 Å². The summed E-state index contributed by atoms with van der Waals surface area (Å²) in [6.45, 7) is 1.09. The van der Waals surface area contributed by atoms with E-state index in [-0.39, 0.29) is 0 Å². The Bertz CT molecular complexity index is 506. The second kappa shape index (κ2) is 5.14. The predicted octanol–water partition coefficient (Wildman–Crippen LogP) is 2.64. The van der Waals surface area contributed by atoms with Gasteiger partial charge in [0.2, 0.25) is 0 Å². The van der Waals surface area contributed by atoms with Crippen molar-refractivity contribution < 1.29 is 0 Å². The topological polar surface area (TPSA) is 49.8 Å². The van der Waals surface area contributed by atoms with Crippen molar-refractivity contribution >= 4 is 11.6 Å². The Balaban J connectivity index is 1.78. The summed E-state index contributed by atoms with van der Waals surface area (Å²) in [5.41, 5.74) is 1.11. The van der Waals surface area contributed by atoms with Crippen molar-refractivity contribution in [3.63, 3.8) is 0 Å². The van der Waals surface area contributed by atoms with E-state index in [2.05, 4.69) is 26.7 Å². The molecule has 0 bridgehead atoms. The highest BCUT2D eigenvalue weighted by Crippen LogP contribution is 2.22. The molecular formula is C14H16N4. The average Bonchev–Trinajstić information content (AvgIpc) is 2.94. The number of pyridine rings is 2. The van der Waals surface area contributed by atoms with E-state index in [0.717, 1.165) is 23.9 Å². The van der Waals surface area contributed by atoms with Gasteiger partial charge in [0.25, 0.3) is 0 Å². The molecule has 0 aliphatic carbocycles. The van der Waals surface area contributed by atoms with E-state index in [1.54, 1.807) is 6.20 Å². The number of rotatable bonds is 3. The molecule has 1 fully saturated rings. The quantitative estimate of drug-likeness (QED) is 0.866. The van der Waals surface area contributed by atoms with Crippen molar-refractivity contribution in [2.75, 3.05) is 11.9 Å². The van der Waals surface area contributed by atoms with Crippen LogP contribution in [0.2, 0.25) is 0 Å². The maximum Gasteiger partial charge on any atom is 0.131 e. The molecule has 1 atom stereocenters. The second-order valence-electron chi connectivity index (χ2n) is 4.44. The van der Waals surface area contributed by atoms with Crippen LogP contribution in [0.1, 0.15) is 24.6 Å². The van der Waals surface area contributed by atoms with Crippen molar-refractivity contribution in [3.8, 4) is 0 Å². The Labute approximate surface area is 106 Å². The van der Waals surface area contributed by atoms with Crippen molar-refractivity contribution in [1.82, 2.24) is 15.3 Å². The third-order valence-corrected chi connectivity index (χ3v) is 3.11. The smallest absolute Gasteiger partial charge is 0.131 e. The Kier molecular flexibility index (Phi) is 3.19. The molecular weight excluding hydrogens is 224 g/mol. The standard InChI is InChI=1S/C14H16N4/c1-2-9-16-13(7-1)18-14-8-3-5-12(17-14)11-6-4-10-15-11/h1-3,5,7-9,11,15H,4,6,10H2,(H,16,17,18)/t11-/m1/s1. The van der Waals surface area contributed by atoms with E-state index in [0.29, 0.717) is 6.04 Å². The summed E-state index contributed by atoms with van der Waals surface area (Å²) in [7, 11) is 0. The van der Waals surface area contributed by atoms with Gasteiger partial charge in [-0.15, -0.1) is 0 Å². The summed E-state index contributed by atoms with van der Waals surface area (Å²) in [6, 6.07) is 12.3. The van der Waals surface area contributed by atoms with Crippen molar-refractivity contribution in [1.29, 1.82) is 0 Å². The van der Waals surface area contributed by atoms with Crippen LogP contribution in [0.15, 0.2) is 42.6 Å². The number of hydrogen-bond donors (Lipinski definition) is 2. The first-order valence-corrected chi connectivity index (χ1v) is 6.30. The molecule has 0 amide bonds. The van der Waals surface area contributed by atoms with Crippen LogP contribution in [0, 0.1) is 0 Å². The molecule has 1 saturated heterocycles. The first kappa shape index (κ1) is 11.2. The largest absolute Gasteiger partial charge is 0.325 e. The van der Waals surface area contributed by atoms with E-state index < -0.39 is 0 Å². The molecule has 3 heterocycles. The van der Waals surface area contributed by atoms with Crippen LogP contribution in [0.3, 0.4) is 0 Å². The van der Waals surface area contributed by atoms with Gasteiger partial charge in [0.1, 0.15) is 11.6 Å². The molecule has 1 aliphatic heterocycles. The fraction of sp³-hybridized carbons (Fsp3) is 0.286. The zero-order valence-corrected chi connectivity index (χ0v) is 10.1. The van der Waals surface area contributed by atoms with Gasteiger partial charge in [-0.3, -0.25) is 0 Å². The van der Waals surface area contributed by atoms with Gasteiger partial charge in [-0.1, -0.05) is 12.1 Å². The number of nitrogens with one attached hydrogen (secondary N) is 2. The summed E-state index contributed by atoms with van der Waals surface area (Å²) in [6.07, 6.45) is 4.16. The fourth-order valence-corrected chi connectivity index (χ4v) is 2.22. The van der Waals surface area contributed by atoms with Crippen molar-refractivity contribution in [2.45, 2.75) is 18.9 Å². The molecule has 1 aliphatic rings. The summed E-state index contributed by atoms with van der Waals surface area (Å²) < 4.78 is 0. The van der Waals surface area contributed by atoms with E-state index >= 15 is 0 Å². The Hall–Kier alpha value is -1.94. The lowest BCUT2D eigenvalue weighted by atomic mass is 10.1. The zero-order valence-electron chi connectivity index (χ0n) is 10.1. The fourth-order valence-electron chi connectivity index (χ4n) is 2.22. The highest BCUT2D eigenvalue weighted by atomic mass is 15.1. The third kappa shape index (κ3) is 2.49. The average molecular weight is 240 g/mol. The molecule has 2 aromatic heterocycles. The van der Waals surface area contributed by atoms with Crippen LogP contribution in [-0.4, -0.2) is 16.5 Å². The highest BCUT2D eigenvalue weighted by Gasteiger charge is 2.17. The maximum absolute atomic E-state index is 4.64. The summed E-state index contributed by atoms with van der Waals surface area (Å²) in [5.74, 6) is 1.67. The minimum absolute atomic E-state index is 0.399. The summed E-state index contributed by atoms with van der Waals surface area (Å²) in [5, 5.41) is 6.68. The summed E-state index contributed by atoms with van der Waals surface area (Å²) in [4.78, 5) is 8.87. The number of hydrogen-bond acceptors (Lipinski definition) is 4. The third-order valence-electron chi connectivity index (χ3n) is 3.11. The van der Waals surface area contributed by atoms with Crippen LogP contribution >= 0.6 is 0 Å². The Morgan fingerprint density at radius 3 is 2.83 bits per heavy atom. The number of aromatic nitrogens is 2. The van der Waals surface area contributed by atoms with E-state index in [1.165, 1.54) is 12.8 Å². The van der Waals surface area contributed by atoms with Crippen molar-refractivity contribution in [3.05, 3.63) is 48.3 Å². The molecule has 4 nitrogen and oxygen atoms in total. The van der Waals surface area contributed by atoms with Crippen LogP contribution < -0.4 is 10.6 Å². The maximum atomic E-state index is 4.64. The minimum Gasteiger partial charge on any atom is -0.325 e. The van der Waals surface area contributed by atoms with E-state index in [9.17, 15) is 0 Å². The lowest BCUT2D eigenvalue weighted by Gasteiger charge is -2.11. The first-order valence-electron chi connectivity index (χ1n) is 6.30. The lowest BCUT2D eigenvalue weighted by Crippen LogP contribution is -2.14. The molecule has 0 radical (unpaired) electrons. The monoisotopic (exact) mass is 240 g/mol. The summed E-state index contributed by atoms with van der Waals surface area (Å²) >= 11 is 0. The molecule has 0 aromatic carbocycles. The van der Waals surface area contributed by atoms with Gasteiger partial charge in [0, 0.05) is 12.2 Å². The molecule has 0 unspecified atom stereocenters. The zero-order chi connectivity index (χ0) is 12.2. The second-order valence-corrected chi connectivity index (χ2v) is 4.44. The van der Waals surface area contributed by atoms with Gasteiger partial charge in [-0.25, -0.2) is 9.97 Å². The van der Waals surface area contributed by atoms with Gasteiger partial charge in [0.15, 0.2) is 0 Å². The Morgan fingerprint density at radius 2 is 2.06 bits per heavy atom. The molecule has 92 valence electrons. The van der Waals surface area contributed by atoms with Crippen LogP contribution in [-0.2, 0) is 0 Å². The van der Waals surface area contributed by atoms with E-state index in [1.807, 2.05) is 30.3 Å². The van der Waals surface area contributed by atoms with Crippen molar-refractivity contribution in [2.24, 2.45) is 0 Å². The molecule has 0 saturated carbocycles. The first-order chi connectivity index (χ1) is 8.92. The molecule has 4 heteroatoms. The van der Waals surface area contributed by atoms with Gasteiger partial charge in [-0.05, 0) is 43.7 Å². The molecule has 18 heavy (non-hydrogen) atoms. The normalized spacial score (nSPS) is 18.8. The van der Waals surface area contributed by atoms with Gasteiger partial charge >= 0.3 is 0 Å². The lowest BCUT2D eigenvalue weighted by molar-refractivity contribution is 0.629. The SMILES string of the molecule is c1ccc(Nc2cccc([C@H]3CCCN3)n2)nc1. The highest BCUT2D eigenvalue weighted by molar-refractivity contribution is 5.51. The molecule has 0 spiro atoms. The molecule has 2 aromatic rings. The van der Waals surface area contributed by atoms with Gasteiger partial charge < -0.3 is 10.6 Å². The van der Waals surface area contributed by atoms with Gasteiger partial charge in [-0.2, -0.15) is 0 Å². The Morgan fingerprint density at radius 1 is 1.11 bits per heavy atom. The van der Waals surface area contributed by atoms with Crippen LogP contribution in [0.25, 0.3) is 0 Å². The predicted molar refractivity (Wildman–Crippen MR) is 71.7 cm³/mol.